The van der Waals surface area contributed by atoms with Gasteiger partial charge in [-0.3, -0.25) is 0 Å². The predicted molar refractivity (Wildman–Crippen MR) is 74.2 cm³/mol. The van der Waals surface area contributed by atoms with E-state index in [2.05, 4.69) is 31.2 Å². The zero-order chi connectivity index (χ0) is 13.1. The Morgan fingerprint density at radius 1 is 1.44 bits per heavy atom. The standard InChI is InChI=1S/C13H19O3PSe/c1-13(9-6-10-17(14,15-2)16-13)11-18-12-7-4-3-5-8-12/h3-5,7-8H,6,9-11H2,1-2H3/t13-,17?/m0/s1. The quantitative estimate of drug-likeness (QED) is 0.623. The van der Waals surface area contributed by atoms with Gasteiger partial charge in [-0.1, -0.05) is 0 Å². The molecule has 1 unspecified atom stereocenters. The summed E-state index contributed by atoms with van der Waals surface area (Å²) < 4.78 is 12.2. The van der Waals surface area contributed by atoms with E-state index < -0.39 is 7.94 Å². The first-order chi connectivity index (χ1) is 8.55. The monoisotopic (exact) mass is 334 g/mol. The van der Waals surface area contributed by atoms with Crippen LogP contribution in [0.25, 0.3) is 0 Å². The Hall–Kier alpha value is 0.0495. The molecule has 2 rings (SSSR count). The average Bonchev–Trinajstić information content (AvgIpc) is 2.38. The topological polar surface area (TPSA) is 41.5 Å². The molecule has 5 heteroatoms. The Morgan fingerprint density at radius 3 is 2.83 bits per heavy atom. The number of rotatable bonds is 4. The first kappa shape index (κ1) is 14.5. The van der Waals surface area contributed by atoms with Crippen LogP contribution in [0.4, 0.5) is 0 Å². The minimum absolute atomic E-state index is 0.292. The summed E-state index contributed by atoms with van der Waals surface area (Å²) in [6.07, 6.45) is 2.44. The minimum atomic E-state index is -2.83. The zero-order valence-electron chi connectivity index (χ0n) is 10.8. The zero-order valence-corrected chi connectivity index (χ0v) is 13.4. The van der Waals surface area contributed by atoms with Gasteiger partial charge in [0.25, 0.3) is 0 Å². The van der Waals surface area contributed by atoms with Crippen LogP contribution in [0.2, 0.25) is 5.32 Å². The average molecular weight is 333 g/mol. The van der Waals surface area contributed by atoms with Gasteiger partial charge in [0.15, 0.2) is 0 Å². The fourth-order valence-corrected chi connectivity index (χ4v) is 6.12. The van der Waals surface area contributed by atoms with Crippen LogP contribution in [-0.4, -0.2) is 33.8 Å². The van der Waals surface area contributed by atoms with Crippen molar-refractivity contribution >= 4 is 27.4 Å². The van der Waals surface area contributed by atoms with Gasteiger partial charge in [-0.2, -0.15) is 0 Å². The molecule has 1 saturated heterocycles. The van der Waals surface area contributed by atoms with Crippen molar-refractivity contribution in [2.45, 2.75) is 30.7 Å². The van der Waals surface area contributed by atoms with E-state index in [1.807, 2.05) is 6.07 Å². The molecule has 1 heterocycles. The van der Waals surface area contributed by atoms with Gasteiger partial charge >= 0.3 is 116 Å². The van der Waals surface area contributed by atoms with E-state index in [4.69, 9.17) is 9.05 Å². The summed E-state index contributed by atoms with van der Waals surface area (Å²) >= 11 is 0.353. The number of benzene rings is 1. The molecule has 0 N–H and O–H groups in total. The van der Waals surface area contributed by atoms with Crippen molar-refractivity contribution in [1.82, 2.24) is 0 Å². The van der Waals surface area contributed by atoms with Crippen molar-refractivity contribution in [2.24, 2.45) is 0 Å². The first-order valence-corrected chi connectivity index (χ1v) is 9.88. The third-order valence-corrected chi connectivity index (χ3v) is 8.06. The van der Waals surface area contributed by atoms with Crippen molar-refractivity contribution in [3.05, 3.63) is 30.3 Å². The van der Waals surface area contributed by atoms with Gasteiger partial charge in [0.05, 0.1) is 0 Å². The Bertz CT molecular complexity index is 389. The van der Waals surface area contributed by atoms with Gasteiger partial charge in [0.2, 0.25) is 0 Å². The van der Waals surface area contributed by atoms with Crippen LogP contribution >= 0.6 is 7.94 Å². The molecule has 1 fully saturated rings. The van der Waals surface area contributed by atoms with Gasteiger partial charge < -0.3 is 0 Å². The van der Waals surface area contributed by atoms with E-state index in [1.54, 1.807) is 0 Å². The molecule has 0 aromatic heterocycles. The SMILES string of the molecule is CO[P+]1([O-])CCC[C@@](C)(C[Se]c2ccccc2)O1. The van der Waals surface area contributed by atoms with Crippen molar-refractivity contribution in [3.63, 3.8) is 0 Å². The fourth-order valence-electron chi connectivity index (χ4n) is 2.05. The predicted octanol–water partition coefficient (Wildman–Crippen LogP) is 1.77. The summed E-state index contributed by atoms with van der Waals surface area (Å²) in [6, 6.07) is 10.4. The van der Waals surface area contributed by atoms with Crippen LogP contribution in [0.3, 0.4) is 0 Å². The van der Waals surface area contributed by atoms with Crippen LogP contribution in [0.15, 0.2) is 30.3 Å². The molecule has 0 radical (unpaired) electrons. The van der Waals surface area contributed by atoms with Gasteiger partial charge in [-0.15, -0.1) is 0 Å². The first-order valence-electron chi connectivity index (χ1n) is 6.09. The maximum atomic E-state index is 12.2. The molecule has 18 heavy (non-hydrogen) atoms. The second-order valence-electron chi connectivity index (χ2n) is 4.76. The molecule has 1 aliphatic heterocycles. The van der Waals surface area contributed by atoms with Crippen LogP contribution in [0, 0.1) is 0 Å². The second kappa shape index (κ2) is 6.00. The second-order valence-corrected chi connectivity index (χ2v) is 9.18. The molecule has 1 aromatic rings. The van der Waals surface area contributed by atoms with Crippen molar-refractivity contribution < 1.29 is 13.9 Å². The summed E-state index contributed by atoms with van der Waals surface area (Å²) in [5.41, 5.74) is -0.292. The molecule has 1 aromatic carbocycles. The third kappa shape index (κ3) is 3.77. The summed E-state index contributed by atoms with van der Waals surface area (Å²) in [4.78, 5) is 12.2. The Morgan fingerprint density at radius 2 is 2.17 bits per heavy atom. The van der Waals surface area contributed by atoms with E-state index in [1.165, 1.54) is 11.6 Å². The molecule has 0 bridgehead atoms. The van der Waals surface area contributed by atoms with Gasteiger partial charge in [0, 0.05) is 0 Å². The molecule has 0 spiro atoms. The molecule has 0 amide bonds. The molecule has 1 aliphatic rings. The van der Waals surface area contributed by atoms with Crippen molar-refractivity contribution in [1.29, 1.82) is 0 Å². The molecule has 100 valence electrons. The molecule has 2 atom stereocenters. The van der Waals surface area contributed by atoms with Crippen molar-refractivity contribution in [2.75, 3.05) is 13.3 Å². The van der Waals surface area contributed by atoms with Crippen LogP contribution < -0.4 is 9.36 Å². The normalized spacial score (nSPS) is 32.4. The van der Waals surface area contributed by atoms with Gasteiger partial charge in [0.1, 0.15) is 0 Å². The van der Waals surface area contributed by atoms with Gasteiger partial charge in [-0.05, 0) is 0 Å². The third-order valence-electron chi connectivity index (χ3n) is 3.06. The molecule has 0 saturated carbocycles. The summed E-state index contributed by atoms with van der Waals surface area (Å²) in [7, 11) is -1.35. The van der Waals surface area contributed by atoms with Gasteiger partial charge in [-0.25, -0.2) is 0 Å². The summed E-state index contributed by atoms with van der Waals surface area (Å²) in [5, 5.41) is 0.942. The summed E-state index contributed by atoms with van der Waals surface area (Å²) in [5.74, 6) is 0. The fraction of sp³-hybridized carbons (Fsp3) is 0.538. The maximum absolute atomic E-state index is 12.2. The Balaban J connectivity index is 1.95. The van der Waals surface area contributed by atoms with E-state index >= 15 is 0 Å². The van der Waals surface area contributed by atoms with Crippen LogP contribution in [0.1, 0.15) is 19.8 Å². The van der Waals surface area contributed by atoms with Crippen LogP contribution in [-0.2, 0) is 9.05 Å². The molecule has 3 nitrogen and oxygen atoms in total. The molecule has 0 aliphatic carbocycles. The van der Waals surface area contributed by atoms with E-state index in [9.17, 15) is 4.89 Å². The summed E-state index contributed by atoms with van der Waals surface area (Å²) in [6.45, 7) is 2.06. The van der Waals surface area contributed by atoms with E-state index in [0.717, 1.165) is 18.2 Å². The molecular weight excluding hydrogens is 314 g/mol. The van der Waals surface area contributed by atoms with E-state index in [-0.39, 0.29) is 5.60 Å². The molecular formula is C13H19O3PSe. The number of hydrogen-bond donors (Lipinski definition) is 0. The van der Waals surface area contributed by atoms with E-state index in [0.29, 0.717) is 21.1 Å². The van der Waals surface area contributed by atoms with Crippen LogP contribution in [0.5, 0.6) is 0 Å². The van der Waals surface area contributed by atoms with Crippen molar-refractivity contribution in [3.8, 4) is 0 Å². The Labute approximate surface area is 116 Å². The number of hydrogen-bond acceptors (Lipinski definition) is 3. The Kier molecular flexibility index (Phi) is 4.82.